The Hall–Kier alpha value is -2.48. The summed E-state index contributed by atoms with van der Waals surface area (Å²) in [4.78, 5) is 4.18. The molecule has 0 aliphatic rings. The lowest BCUT2D eigenvalue weighted by molar-refractivity contribution is -0.137. The number of benzene rings is 2. The largest absolute Gasteiger partial charge is 0.497 e. The molecule has 0 atom stereocenters. The van der Waals surface area contributed by atoms with Crippen LogP contribution in [0.25, 0.3) is 11.4 Å². The Morgan fingerprint density at radius 2 is 1.88 bits per heavy atom. The van der Waals surface area contributed by atoms with Crippen LogP contribution in [0, 0.1) is 0 Å². The summed E-state index contributed by atoms with van der Waals surface area (Å²) < 4.78 is 48.7. The molecule has 1 heterocycles. The Kier molecular flexibility index (Phi) is 5.51. The second-order valence-corrected chi connectivity index (χ2v) is 6.42. The second-order valence-electron chi connectivity index (χ2n) is 5.43. The summed E-state index contributed by atoms with van der Waals surface area (Å²) in [6, 6.07) is 12.6. The van der Waals surface area contributed by atoms with Gasteiger partial charge in [-0.15, -0.1) is 11.8 Å². The van der Waals surface area contributed by atoms with E-state index in [1.54, 1.807) is 18.9 Å². The van der Waals surface area contributed by atoms with Gasteiger partial charge in [0, 0.05) is 11.3 Å². The molecule has 26 heavy (non-hydrogen) atoms. The van der Waals surface area contributed by atoms with E-state index in [2.05, 4.69) is 10.1 Å². The minimum atomic E-state index is -4.41. The minimum absolute atomic E-state index is 0.146. The van der Waals surface area contributed by atoms with E-state index in [1.165, 1.54) is 12.1 Å². The maximum absolute atomic E-state index is 12.8. The van der Waals surface area contributed by atoms with Gasteiger partial charge in [-0.25, -0.2) is 0 Å². The number of nitrogens with zero attached hydrogens (tertiary/aromatic N) is 2. The summed E-state index contributed by atoms with van der Waals surface area (Å²) >= 11 is 1.56. The maximum atomic E-state index is 12.8. The average Bonchev–Trinajstić information content (AvgIpc) is 3.10. The van der Waals surface area contributed by atoms with Crippen molar-refractivity contribution in [2.75, 3.05) is 7.11 Å². The molecule has 2 aromatic carbocycles. The molecule has 0 spiro atoms. The Labute approximate surface area is 152 Å². The normalized spacial score (nSPS) is 11.5. The second kappa shape index (κ2) is 7.82. The quantitative estimate of drug-likeness (QED) is 0.588. The third kappa shape index (κ3) is 4.57. The minimum Gasteiger partial charge on any atom is -0.497 e. The molecule has 0 N–H and O–H groups in total. The monoisotopic (exact) mass is 380 g/mol. The van der Waals surface area contributed by atoms with Crippen molar-refractivity contribution in [2.45, 2.75) is 17.7 Å². The van der Waals surface area contributed by atoms with Crippen LogP contribution in [0.1, 0.15) is 17.0 Å². The number of hydrogen-bond acceptors (Lipinski definition) is 5. The van der Waals surface area contributed by atoms with Crippen molar-refractivity contribution in [3.63, 3.8) is 0 Å². The smallest absolute Gasteiger partial charge is 0.416 e. The van der Waals surface area contributed by atoms with E-state index < -0.39 is 11.7 Å². The van der Waals surface area contributed by atoms with Crippen LogP contribution in [-0.4, -0.2) is 17.3 Å². The third-order valence-corrected chi connectivity index (χ3v) is 4.53. The highest BCUT2D eigenvalue weighted by molar-refractivity contribution is 7.97. The fourth-order valence-electron chi connectivity index (χ4n) is 2.28. The van der Waals surface area contributed by atoms with Crippen LogP contribution in [0.2, 0.25) is 0 Å². The molecule has 3 rings (SSSR count). The van der Waals surface area contributed by atoms with Crippen molar-refractivity contribution in [2.24, 2.45) is 0 Å². The van der Waals surface area contributed by atoms with Crippen molar-refractivity contribution < 1.29 is 22.4 Å². The first-order valence-electron chi connectivity index (χ1n) is 7.66. The van der Waals surface area contributed by atoms with Gasteiger partial charge in [-0.2, -0.15) is 18.2 Å². The van der Waals surface area contributed by atoms with Crippen LogP contribution >= 0.6 is 11.8 Å². The first-order valence-corrected chi connectivity index (χ1v) is 8.82. The van der Waals surface area contributed by atoms with Crippen LogP contribution in [0.4, 0.5) is 13.2 Å². The third-order valence-electron chi connectivity index (χ3n) is 3.54. The Morgan fingerprint density at radius 3 is 2.65 bits per heavy atom. The van der Waals surface area contributed by atoms with Gasteiger partial charge in [0.2, 0.25) is 11.7 Å². The van der Waals surface area contributed by atoms with E-state index in [0.717, 1.165) is 29.2 Å². The predicted molar refractivity (Wildman–Crippen MR) is 92.7 cm³/mol. The van der Waals surface area contributed by atoms with E-state index >= 15 is 0 Å². The lowest BCUT2D eigenvalue weighted by Gasteiger charge is -2.06. The van der Waals surface area contributed by atoms with Gasteiger partial charge in [-0.3, -0.25) is 0 Å². The zero-order valence-electron chi connectivity index (χ0n) is 13.8. The SMILES string of the molecule is COc1cccc(CSCc2nc(-c3cccc(C(F)(F)F)c3)no2)c1. The Bertz CT molecular complexity index is 881. The first kappa shape index (κ1) is 18.3. The highest BCUT2D eigenvalue weighted by atomic mass is 32.2. The molecule has 0 bridgehead atoms. The van der Waals surface area contributed by atoms with E-state index in [0.29, 0.717) is 11.6 Å². The fourth-order valence-corrected chi connectivity index (χ4v) is 3.09. The van der Waals surface area contributed by atoms with Gasteiger partial charge in [0.05, 0.1) is 18.4 Å². The zero-order valence-corrected chi connectivity index (χ0v) is 14.6. The van der Waals surface area contributed by atoms with Crippen molar-refractivity contribution in [1.82, 2.24) is 10.1 Å². The Morgan fingerprint density at radius 1 is 1.08 bits per heavy atom. The molecule has 0 aliphatic carbocycles. The molecule has 0 saturated carbocycles. The summed E-state index contributed by atoms with van der Waals surface area (Å²) in [7, 11) is 1.61. The summed E-state index contributed by atoms with van der Waals surface area (Å²) in [5.41, 5.74) is 0.619. The van der Waals surface area contributed by atoms with E-state index in [4.69, 9.17) is 9.26 Å². The molecular weight excluding hydrogens is 365 g/mol. The number of methoxy groups -OCH3 is 1. The molecular formula is C18H15F3N2O2S. The van der Waals surface area contributed by atoms with Gasteiger partial charge in [-0.1, -0.05) is 29.4 Å². The highest BCUT2D eigenvalue weighted by Crippen LogP contribution is 2.31. The molecule has 0 fully saturated rings. The molecule has 1 aromatic heterocycles. The molecule has 136 valence electrons. The number of alkyl halides is 3. The van der Waals surface area contributed by atoms with Gasteiger partial charge in [-0.05, 0) is 29.8 Å². The van der Waals surface area contributed by atoms with Crippen LogP contribution in [0.15, 0.2) is 53.1 Å². The van der Waals surface area contributed by atoms with Crippen molar-refractivity contribution in [1.29, 1.82) is 0 Å². The van der Waals surface area contributed by atoms with Gasteiger partial charge >= 0.3 is 6.18 Å². The van der Waals surface area contributed by atoms with E-state index in [9.17, 15) is 13.2 Å². The number of ether oxygens (including phenoxy) is 1. The number of aromatic nitrogens is 2. The van der Waals surface area contributed by atoms with Crippen LogP contribution in [0.5, 0.6) is 5.75 Å². The summed E-state index contributed by atoms with van der Waals surface area (Å²) in [5.74, 6) is 2.48. The standard InChI is InChI=1S/C18H15F3N2O2S/c1-24-15-7-2-4-12(8-15)10-26-11-16-22-17(23-25-16)13-5-3-6-14(9-13)18(19,20)21/h2-9H,10-11H2,1H3. The van der Waals surface area contributed by atoms with E-state index in [-0.39, 0.29) is 11.4 Å². The summed E-state index contributed by atoms with van der Waals surface area (Å²) in [6.45, 7) is 0. The number of rotatable bonds is 6. The first-order chi connectivity index (χ1) is 12.5. The fraction of sp³-hybridized carbons (Fsp3) is 0.222. The lowest BCUT2D eigenvalue weighted by atomic mass is 10.1. The van der Waals surface area contributed by atoms with Gasteiger partial charge in [0.15, 0.2) is 0 Å². The van der Waals surface area contributed by atoms with Crippen molar-refractivity contribution >= 4 is 11.8 Å². The highest BCUT2D eigenvalue weighted by Gasteiger charge is 2.30. The average molecular weight is 380 g/mol. The predicted octanol–water partition coefficient (Wildman–Crippen LogP) is 5.20. The molecule has 8 heteroatoms. The molecule has 0 unspecified atom stereocenters. The molecule has 3 aromatic rings. The zero-order chi connectivity index (χ0) is 18.6. The number of thioether (sulfide) groups is 1. The van der Waals surface area contributed by atoms with Crippen LogP contribution in [0.3, 0.4) is 0 Å². The molecule has 0 saturated heterocycles. The van der Waals surface area contributed by atoms with Crippen LogP contribution < -0.4 is 4.74 Å². The van der Waals surface area contributed by atoms with Gasteiger partial charge < -0.3 is 9.26 Å². The maximum Gasteiger partial charge on any atom is 0.416 e. The molecule has 0 aliphatic heterocycles. The topological polar surface area (TPSA) is 48.2 Å². The van der Waals surface area contributed by atoms with Crippen molar-refractivity contribution in [3.8, 4) is 17.1 Å². The van der Waals surface area contributed by atoms with Crippen molar-refractivity contribution in [3.05, 3.63) is 65.5 Å². The summed E-state index contributed by atoms with van der Waals surface area (Å²) in [5, 5.41) is 3.78. The molecule has 4 nitrogen and oxygen atoms in total. The van der Waals surface area contributed by atoms with Gasteiger partial charge in [0.1, 0.15) is 5.75 Å². The molecule has 0 radical (unpaired) electrons. The summed E-state index contributed by atoms with van der Waals surface area (Å²) in [6.07, 6.45) is -4.41. The number of hydrogen-bond donors (Lipinski definition) is 0. The van der Waals surface area contributed by atoms with Gasteiger partial charge in [0.25, 0.3) is 0 Å². The Balaban J connectivity index is 1.63. The number of halogens is 3. The molecule has 0 amide bonds. The van der Waals surface area contributed by atoms with Crippen LogP contribution in [-0.2, 0) is 17.7 Å². The lowest BCUT2D eigenvalue weighted by Crippen LogP contribution is -2.04. The van der Waals surface area contributed by atoms with E-state index in [1.807, 2.05) is 24.3 Å².